The molecular formula is C10H23NO3S. The summed E-state index contributed by atoms with van der Waals surface area (Å²) < 4.78 is 26.9. The highest BCUT2D eigenvalue weighted by Crippen LogP contribution is 2.04. The SMILES string of the molecule is CCNC(CCCS(C)(=O)=O)CCOC. The normalized spacial score (nSPS) is 14.1. The van der Waals surface area contributed by atoms with E-state index >= 15 is 0 Å². The molecule has 0 amide bonds. The Balaban J connectivity index is 3.74. The molecule has 0 aromatic heterocycles. The van der Waals surface area contributed by atoms with E-state index in [0.29, 0.717) is 6.04 Å². The lowest BCUT2D eigenvalue weighted by atomic mass is 10.1. The highest BCUT2D eigenvalue weighted by atomic mass is 32.2. The van der Waals surface area contributed by atoms with Crippen molar-refractivity contribution in [1.82, 2.24) is 5.32 Å². The Hall–Kier alpha value is -0.130. The maximum absolute atomic E-state index is 10.9. The van der Waals surface area contributed by atoms with Crippen LogP contribution in [0.3, 0.4) is 0 Å². The van der Waals surface area contributed by atoms with Gasteiger partial charge in [0.1, 0.15) is 9.84 Å². The third-order valence-corrected chi connectivity index (χ3v) is 3.26. The summed E-state index contributed by atoms with van der Waals surface area (Å²) in [4.78, 5) is 0. The van der Waals surface area contributed by atoms with Gasteiger partial charge in [0.15, 0.2) is 0 Å². The average molecular weight is 237 g/mol. The van der Waals surface area contributed by atoms with E-state index < -0.39 is 9.84 Å². The number of rotatable bonds is 9. The van der Waals surface area contributed by atoms with Crippen LogP contribution in [0.25, 0.3) is 0 Å². The van der Waals surface area contributed by atoms with Crippen molar-refractivity contribution < 1.29 is 13.2 Å². The van der Waals surface area contributed by atoms with Crippen molar-refractivity contribution in [3.05, 3.63) is 0 Å². The van der Waals surface area contributed by atoms with Crippen LogP contribution in [-0.4, -0.2) is 46.7 Å². The lowest BCUT2D eigenvalue weighted by molar-refractivity contribution is 0.181. The quantitative estimate of drug-likeness (QED) is 0.645. The number of hydrogen-bond donors (Lipinski definition) is 1. The van der Waals surface area contributed by atoms with Crippen LogP contribution in [0.2, 0.25) is 0 Å². The van der Waals surface area contributed by atoms with Gasteiger partial charge < -0.3 is 10.1 Å². The van der Waals surface area contributed by atoms with Crippen LogP contribution in [0.15, 0.2) is 0 Å². The van der Waals surface area contributed by atoms with Crippen molar-refractivity contribution in [1.29, 1.82) is 0 Å². The zero-order valence-electron chi connectivity index (χ0n) is 9.95. The van der Waals surface area contributed by atoms with Crippen molar-refractivity contribution in [2.24, 2.45) is 0 Å². The van der Waals surface area contributed by atoms with E-state index in [4.69, 9.17) is 4.74 Å². The van der Waals surface area contributed by atoms with E-state index in [9.17, 15) is 8.42 Å². The van der Waals surface area contributed by atoms with Gasteiger partial charge in [0, 0.05) is 31.8 Å². The van der Waals surface area contributed by atoms with Gasteiger partial charge in [0.2, 0.25) is 0 Å². The third kappa shape index (κ3) is 10.2. The first kappa shape index (κ1) is 14.9. The molecule has 4 nitrogen and oxygen atoms in total. The van der Waals surface area contributed by atoms with Gasteiger partial charge in [-0.25, -0.2) is 8.42 Å². The fourth-order valence-corrected chi connectivity index (χ4v) is 2.18. The molecule has 0 aromatic rings. The zero-order chi connectivity index (χ0) is 11.7. The van der Waals surface area contributed by atoms with E-state index in [0.717, 1.165) is 32.4 Å². The van der Waals surface area contributed by atoms with E-state index in [-0.39, 0.29) is 5.75 Å². The highest BCUT2D eigenvalue weighted by molar-refractivity contribution is 7.90. The molecule has 0 radical (unpaired) electrons. The molecule has 1 N–H and O–H groups in total. The largest absolute Gasteiger partial charge is 0.385 e. The minimum Gasteiger partial charge on any atom is -0.385 e. The molecular weight excluding hydrogens is 214 g/mol. The first-order valence-electron chi connectivity index (χ1n) is 5.39. The van der Waals surface area contributed by atoms with Gasteiger partial charge >= 0.3 is 0 Å². The van der Waals surface area contributed by atoms with Gasteiger partial charge in [0.25, 0.3) is 0 Å². The maximum atomic E-state index is 10.9. The maximum Gasteiger partial charge on any atom is 0.147 e. The van der Waals surface area contributed by atoms with Crippen molar-refractivity contribution in [3.63, 3.8) is 0 Å². The summed E-state index contributed by atoms with van der Waals surface area (Å²) >= 11 is 0. The Labute approximate surface area is 93.3 Å². The standard InChI is InChI=1S/C10H23NO3S/c1-4-11-10(7-8-14-2)6-5-9-15(3,12)13/h10-11H,4-9H2,1-3H3. The topological polar surface area (TPSA) is 55.4 Å². The second-order valence-corrected chi connectivity index (χ2v) is 6.07. The summed E-state index contributed by atoms with van der Waals surface area (Å²) in [5, 5.41) is 3.33. The molecule has 0 aliphatic heterocycles. The minimum atomic E-state index is -2.81. The van der Waals surface area contributed by atoms with Crippen LogP contribution in [0, 0.1) is 0 Å². The average Bonchev–Trinajstić information content (AvgIpc) is 2.12. The number of ether oxygens (including phenoxy) is 1. The molecule has 0 aromatic carbocycles. The van der Waals surface area contributed by atoms with Crippen LogP contribution in [0.5, 0.6) is 0 Å². The van der Waals surface area contributed by atoms with Crippen LogP contribution >= 0.6 is 0 Å². The molecule has 0 aliphatic carbocycles. The Morgan fingerprint density at radius 2 is 2.00 bits per heavy atom. The summed E-state index contributed by atoms with van der Waals surface area (Å²) in [6, 6.07) is 0.372. The lowest BCUT2D eigenvalue weighted by Crippen LogP contribution is -2.30. The second-order valence-electron chi connectivity index (χ2n) is 3.81. The van der Waals surface area contributed by atoms with Crippen molar-refractivity contribution in [2.75, 3.05) is 32.3 Å². The Kier molecular flexibility index (Phi) is 8.00. The van der Waals surface area contributed by atoms with Gasteiger partial charge in [0.05, 0.1) is 0 Å². The van der Waals surface area contributed by atoms with E-state index in [1.54, 1.807) is 7.11 Å². The molecule has 0 saturated carbocycles. The van der Waals surface area contributed by atoms with Crippen LogP contribution in [-0.2, 0) is 14.6 Å². The zero-order valence-corrected chi connectivity index (χ0v) is 10.8. The predicted octanol–water partition coefficient (Wildman–Crippen LogP) is 0.826. The van der Waals surface area contributed by atoms with Crippen LogP contribution in [0.1, 0.15) is 26.2 Å². The summed E-state index contributed by atoms with van der Waals surface area (Å²) in [6.07, 6.45) is 3.84. The fraction of sp³-hybridized carbons (Fsp3) is 1.00. The third-order valence-electron chi connectivity index (χ3n) is 2.23. The molecule has 0 saturated heterocycles. The minimum absolute atomic E-state index is 0.280. The Morgan fingerprint density at radius 1 is 1.33 bits per heavy atom. The molecule has 0 heterocycles. The van der Waals surface area contributed by atoms with Crippen LogP contribution < -0.4 is 5.32 Å². The van der Waals surface area contributed by atoms with Gasteiger partial charge in [-0.1, -0.05) is 6.92 Å². The van der Waals surface area contributed by atoms with E-state index in [1.165, 1.54) is 6.26 Å². The van der Waals surface area contributed by atoms with Gasteiger partial charge in [-0.2, -0.15) is 0 Å². The van der Waals surface area contributed by atoms with E-state index in [1.807, 2.05) is 0 Å². The lowest BCUT2D eigenvalue weighted by Gasteiger charge is -2.16. The first-order valence-corrected chi connectivity index (χ1v) is 7.45. The molecule has 1 unspecified atom stereocenters. The van der Waals surface area contributed by atoms with Crippen molar-refractivity contribution in [2.45, 2.75) is 32.2 Å². The summed E-state index contributed by atoms with van der Waals surface area (Å²) in [6.45, 7) is 3.68. The Morgan fingerprint density at radius 3 is 2.47 bits per heavy atom. The number of sulfone groups is 1. The fourth-order valence-electron chi connectivity index (χ4n) is 1.49. The second kappa shape index (κ2) is 8.07. The highest BCUT2D eigenvalue weighted by Gasteiger charge is 2.09. The molecule has 0 fully saturated rings. The summed E-state index contributed by atoms with van der Waals surface area (Å²) in [5.41, 5.74) is 0. The summed E-state index contributed by atoms with van der Waals surface area (Å²) in [7, 11) is -1.13. The van der Waals surface area contributed by atoms with Gasteiger partial charge in [-0.05, 0) is 25.8 Å². The Bertz CT molecular complexity index is 239. The van der Waals surface area contributed by atoms with Crippen molar-refractivity contribution in [3.8, 4) is 0 Å². The number of nitrogens with one attached hydrogen (secondary N) is 1. The molecule has 0 rings (SSSR count). The molecule has 5 heteroatoms. The van der Waals surface area contributed by atoms with Crippen LogP contribution in [0.4, 0.5) is 0 Å². The molecule has 0 bridgehead atoms. The molecule has 15 heavy (non-hydrogen) atoms. The smallest absolute Gasteiger partial charge is 0.147 e. The molecule has 0 spiro atoms. The predicted molar refractivity (Wildman–Crippen MR) is 62.9 cm³/mol. The van der Waals surface area contributed by atoms with Gasteiger partial charge in [-0.15, -0.1) is 0 Å². The monoisotopic (exact) mass is 237 g/mol. The first-order chi connectivity index (χ1) is 6.99. The molecule has 1 atom stereocenters. The van der Waals surface area contributed by atoms with Gasteiger partial charge in [-0.3, -0.25) is 0 Å². The number of hydrogen-bond acceptors (Lipinski definition) is 4. The number of methoxy groups -OCH3 is 1. The summed E-state index contributed by atoms with van der Waals surface area (Å²) in [5.74, 6) is 0.280. The molecule has 92 valence electrons. The van der Waals surface area contributed by atoms with Crippen molar-refractivity contribution >= 4 is 9.84 Å². The molecule has 0 aliphatic rings. The van der Waals surface area contributed by atoms with E-state index in [2.05, 4.69) is 12.2 Å².